The van der Waals surface area contributed by atoms with Gasteiger partial charge >= 0.3 is 0 Å². The van der Waals surface area contributed by atoms with Crippen LogP contribution in [0.5, 0.6) is 0 Å². The summed E-state index contributed by atoms with van der Waals surface area (Å²) in [5.41, 5.74) is 0. The summed E-state index contributed by atoms with van der Waals surface area (Å²) >= 11 is 0. The van der Waals surface area contributed by atoms with Gasteiger partial charge in [-0.05, 0) is 6.07 Å². The molecular weight excluding hydrogens is 128 g/mol. The Morgan fingerprint density at radius 1 is 1.50 bits per heavy atom. The van der Waals surface area contributed by atoms with E-state index in [-0.39, 0.29) is 5.82 Å². The molecule has 0 aliphatic rings. The van der Waals surface area contributed by atoms with Gasteiger partial charge in [-0.15, -0.1) is 6.42 Å². The van der Waals surface area contributed by atoms with Crippen molar-refractivity contribution in [3.63, 3.8) is 0 Å². The van der Waals surface area contributed by atoms with Crippen molar-refractivity contribution in [2.75, 3.05) is 0 Å². The van der Waals surface area contributed by atoms with Crippen molar-refractivity contribution in [3.05, 3.63) is 24.3 Å². The highest BCUT2D eigenvalue weighted by Gasteiger charge is 2.03. The topological polar surface area (TPSA) is 46.0 Å². The normalized spacial score (nSPS) is 12.0. The first-order chi connectivity index (χ1) is 4.84. The fourth-order valence-electron chi connectivity index (χ4n) is 0.526. The van der Waals surface area contributed by atoms with E-state index in [1.807, 2.05) is 0 Å². The number of nitrogens with zero attached hydrogens (tertiary/aromatic N) is 2. The first kappa shape index (κ1) is 6.72. The smallest absolute Gasteiger partial charge is 0.174 e. The van der Waals surface area contributed by atoms with Crippen LogP contribution in [0.15, 0.2) is 18.5 Å². The fourth-order valence-corrected chi connectivity index (χ4v) is 0.526. The molecule has 3 heteroatoms. The summed E-state index contributed by atoms with van der Waals surface area (Å²) in [6.45, 7) is 0. The highest BCUT2D eigenvalue weighted by atomic mass is 16.3. The van der Waals surface area contributed by atoms with Crippen LogP contribution < -0.4 is 0 Å². The van der Waals surface area contributed by atoms with E-state index in [0.29, 0.717) is 0 Å². The average Bonchev–Trinajstić information content (AvgIpc) is 2.05. The minimum Gasteiger partial charge on any atom is -0.373 e. The Morgan fingerprint density at radius 3 is 2.60 bits per heavy atom. The maximum Gasteiger partial charge on any atom is 0.174 e. The maximum atomic E-state index is 8.97. The van der Waals surface area contributed by atoms with E-state index in [2.05, 4.69) is 15.9 Å². The number of rotatable bonds is 1. The quantitative estimate of drug-likeness (QED) is 0.556. The van der Waals surface area contributed by atoms with Gasteiger partial charge in [0.15, 0.2) is 11.9 Å². The SMILES string of the molecule is C#C[C@H](O)c1ncccn1. The molecule has 0 spiro atoms. The second kappa shape index (κ2) is 2.95. The van der Waals surface area contributed by atoms with E-state index < -0.39 is 6.10 Å². The van der Waals surface area contributed by atoms with Gasteiger partial charge in [0.25, 0.3) is 0 Å². The minimum atomic E-state index is -0.985. The lowest BCUT2D eigenvalue weighted by Gasteiger charge is -1.97. The molecule has 3 nitrogen and oxygen atoms in total. The molecule has 0 aliphatic heterocycles. The Balaban J connectivity index is 2.88. The van der Waals surface area contributed by atoms with Gasteiger partial charge in [-0.1, -0.05) is 5.92 Å². The van der Waals surface area contributed by atoms with Crippen LogP contribution >= 0.6 is 0 Å². The van der Waals surface area contributed by atoms with Crippen LogP contribution in [0.1, 0.15) is 11.9 Å². The van der Waals surface area contributed by atoms with Crippen LogP contribution in [0.25, 0.3) is 0 Å². The molecule has 0 fully saturated rings. The molecule has 1 atom stereocenters. The second-order valence-electron chi connectivity index (χ2n) is 1.68. The molecule has 1 N–H and O–H groups in total. The zero-order chi connectivity index (χ0) is 7.40. The van der Waals surface area contributed by atoms with Gasteiger partial charge in [0.05, 0.1) is 0 Å². The maximum absolute atomic E-state index is 8.97. The number of aliphatic hydroxyl groups excluding tert-OH is 1. The molecular formula is C7H6N2O. The molecule has 0 bridgehead atoms. The van der Waals surface area contributed by atoms with E-state index in [1.165, 1.54) is 12.4 Å². The Hall–Kier alpha value is -1.40. The van der Waals surface area contributed by atoms with Crippen molar-refractivity contribution in [3.8, 4) is 12.3 Å². The van der Waals surface area contributed by atoms with Crippen molar-refractivity contribution in [2.45, 2.75) is 6.10 Å². The van der Waals surface area contributed by atoms with Crippen LogP contribution in [0.4, 0.5) is 0 Å². The third kappa shape index (κ3) is 1.30. The first-order valence-electron chi connectivity index (χ1n) is 2.75. The van der Waals surface area contributed by atoms with Crippen molar-refractivity contribution in [1.82, 2.24) is 9.97 Å². The van der Waals surface area contributed by atoms with Gasteiger partial charge in [0.1, 0.15) is 0 Å². The van der Waals surface area contributed by atoms with Gasteiger partial charge in [-0.2, -0.15) is 0 Å². The van der Waals surface area contributed by atoms with E-state index in [9.17, 15) is 0 Å². The first-order valence-corrected chi connectivity index (χ1v) is 2.75. The Kier molecular flexibility index (Phi) is 1.98. The van der Waals surface area contributed by atoms with Gasteiger partial charge < -0.3 is 5.11 Å². The van der Waals surface area contributed by atoms with Crippen molar-refractivity contribution < 1.29 is 5.11 Å². The molecule has 0 radical (unpaired) electrons. The molecule has 0 saturated carbocycles. The highest BCUT2D eigenvalue weighted by molar-refractivity contribution is 5.06. The molecule has 0 unspecified atom stereocenters. The average molecular weight is 134 g/mol. The van der Waals surface area contributed by atoms with Crippen LogP contribution in [0, 0.1) is 12.3 Å². The molecule has 0 aromatic carbocycles. The summed E-state index contributed by atoms with van der Waals surface area (Å²) in [5, 5.41) is 8.97. The summed E-state index contributed by atoms with van der Waals surface area (Å²) in [6.07, 6.45) is 7.00. The van der Waals surface area contributed by atoms with Crippen LogP contribution in [0.2, 0.25) is 0 Å². The molecule has 0 amide bonds. The zero-order valence-corrected chi connectivity index (χ0v) is 5.23. The molecule has 10 heavy (non-hydrogen) atoms. The van der Waals surface area contributed by atoms with Crippen LogP contribution in [-0.4, -0.2) is 15.1 Å². The molecule has 1 heterocycles. The molecule has 0 aliphatic carbocycles. The molecule has 0 saturated heterocycles. The predicted molar refractivity (Wildman–Crippen MR) is 35.8 cm³/mol. The third-order valence-corrected chi connectivity index (χ3v) is 0.988. The van der Waals surface area contributed by atoms with E-state index in [0.717, 1.165) is 0 Å². The fraction of sp³-hybridized carbons (Fsp3) is 0.143. The Labute approximate surface area is 58.8 Å². The van der Waals surface area contributed by atoms with Gasteiger partial charge in [0, 0.05) is 12.4 Å². The van der Waals surface area contributed by atoms with E-state index >= 15 is 0 Å². The highest BCUT2D eigenvalue weighted by Crippen LogP contribution is 2.01. The number of aliphatic hydroxyl groups is 1. The third-order valence-electron chi connectivity index (χ3n) is 0.988. The van der Waals surface area contributed by atoms with Crippen molar-refractivity contribution in [2.24, 2.45) is 0 Å². The van der Waals surface area contributed by atoms with Crippen LogP contribution in [0.3, 0.4) is 0 Å². The van der Waals surface area contributed by atoms with Crippen molar-refractivity contribution >= 4 is 0 Å². The molecule has 1 rings (SSSR count). The molecule has 1 aromatic heterocycles. The number of aromatic nitrogens is 2. The zero-order valence-electron chi connectivity index (χ0n) is 5.23. The lowest BCUT2D eigenvalue weighted by molar-refractivity contribution is 0.228. The number of hydrogen-bond donors (Lipinski definition) is 1. The summed E-state index contributed by atoms with van der Waals surface area (Å²) in [5.74, 6) is 2.38. The van der Waals surface area contributed by atoms with Crippen LogP contribution in [-0.2, 0) is 0 Å². The minimum absolute atomic E-state index is 0.269. The number of hydrogen-bond acceptors (Lipinski definition) is 3. The molecule has 1 aromatic rings. The Morgan fingerprint density at radius 2 is 2.10 bits per heavy atom. The summed E-state index contributed by atoms with van der Waals surface area (Å²) in [6, 6.07) is 1.66. The summed E-state index contributed by atoms with van der Waals surface area (Å²) in [4.78, 5) is 7.49. The lowest BCUT2D eigenvalue weighted by atomic mass is 10.3. The monoisotopic (exact) mass is 134 g/mol. The van der Waals surface area contributed by atoms with Gasteiger partial charge in [0.2, 0.25) is 0 Å². The predicted octanol–water partition coefficient (Wildman–Crippen LogP) is 0.143. The number of terminal acetylenes is 1. The van der Waals surface area contributed by atoms with Gasteiger partial charge in [-0.3, -0.25) is 0 Å². The summed E-state index contributed by atoms with van der Waals surface area (Å²) < 4.78 is 0. The standard InChI is InChI=1S/C7H6N2O/c1-2-6(10)7-8-4-3-5-9-7/h1,3-6,10H/t6-/m0/s1. The second-order valence-corrected chi connectivity index (χ2v) is 1.68. The lowest BCUT2D eigenvalue weighted by Crippen LogP contribution is -1.99. The van der Waals surface area contributed by atoms with Gasteiger partial charge in [-0.25, -0.2) is 9.97 Å². The van der Waals surface area contributed by atoms with E-state index in [4.69, 9.17) is 11.5 Å². The molecule has 50 valence electrons. The van der Waals surface area contributed by atoms with E-state index in [1.54, 1.807) is 6.07 Å². The van der Waals surface area contributed by atoms with Crippen molar-refractivity contribution in [1.29, 1.82) is 0 Å². The largest absolute Gasteiger partial charge is 0.373 e. The Bertz CT molecular complexity index is 240. The summed E-state index contributed by atoms with van der Waals surface area (Å²) in [7, 11) is 0.